The SMILES string of the molecule is O=C(O)CN(CC(=O)O)C1CCCCC1N(CC(=O)O)CC(=O)O.[Na].[Na]. The molecule has 2 atom stereocenters. The second kappa shape index (κ2) is 13.9. The third kappa shape index (κ3) is 10.2. The predicted molar refractivity (Wildman–Crippen MR) is 91.2 cm³/mol. The molecule has 1 aliphatic rings. The van der Waals surface area contributed by atoms with Crippen LogP contribution < -0.4 is 0 Å². The molecule has 12 heteroatoms. The Labute approximate surface area is 195 Å². The van der Waals surface area contributed by atoms with Gasteiger partial charge in [0.25, 0.3) is 0 Å². The second-order valence-electron chi connectivity index (χ2n) is 5.80. The van der Waals surface area contributed by atoms with E-state index >= 15 is 0 Å². The summed E-state index contributed by atoms with van der Waals surface area (Å²) in [5, 5.41) is 36.0. The first-order valence-corrected chi connectivity index (χ1v) is 7.56. The predicted octanol–water partition coefficient (Wildman–Crippen LogP) is -1.52. The second-order valence-corrected chi connectivity index (χ2v) is 5.80. The summed E-state index contributed by atoms with van der Waals surface area (Å²) in [5.74, 6) is -4.76. The van der Waals surface area contributed by atoms with Crippen LogP contribution in [0.25, 0.3) is 0 Å². The molecule has 0 bridgehead atoms. The summed E-state index contributed by atoms with van der Waals surface area (Å²) >= 11 is 0. The Balaban J connectivity index is 0. The van der Waals surface area contributed by atoms with Gasteiger partial charge in [-0.3, -0.25) is 29.0 Å². The molecule has 1 aliphatic carbocycles. The van der Waals surface area contributed by atoms with Gasteiger partial charge in [0.15, 0.2) is 0 Å². The molecular formula is C14H22N2Na2O8. The molecule has 0 saturated heterocycles. The molecule has 0 aromatic rings. The van der Waals surface area contributed by atoms with Gasteiger partial charge in [-0.15, -0.1) is 0 Å². The zero-order valence-electron chi connectivity index (χ0n) is 15.1. The summed E-state index contributed by atoms with van der Waals surface area (Å²) in [6.45, 7) is -1.99. The summed E-state index contributed by atoms with van der Waals surface area (Å²) in [5.41, 5.74) is 0. The van der Waals surface area contributed by atoms with Crippen LogP contribution >= 0.6 is 0 Å². The van der Waals surface area contributed by atoms with Crippen molar-refractivity contribution in [2.75, 3.05) is 26.2 Å². The van der Waals surface area contributed by atoms with Crippen molar-refractivity contribution in [2.24, 2.45) is 0 Å². The van der Waals surface area contributed by atoms with Crippen molar-refractivity contribution in [2.45, 2.75) is 37.8 Å². The molecule has 0 amide bonds. The van der Waals surface area contributed by atoms with Crippen molar-refractivity contribution < 1.29 is 39.6 Å². The summed E-state index contributed by atoms with van der Waals surface area (Å²) in [6, 6.07) is -1.05. The topological polar surface area (TPSA) is 156 Å². The van der Waals surface area contributed by atoms with Crippen LogP contribution in [-0.2, 0) is 19.2 Å². The summed E-state index contributed by atoms with van der Waals surface area (Å²) in [7, 11) is 0. The van der Waals surface area contributed by atoms with Crippen LogP contribution in [0, 0.1) is 0 Å². The van der Waals surface area contributed by atoms with Crippen molar-refractivity contribution >= 4 is 83.0 Å². The van der Waals surface area contributed by atoms with E-state index in [1.165, 1.54) is 9.80 Å². The fourth-order valence-corrected chi connectivity index (χ4v) is 3.22. The van der Waals surface area contributed by atoms with Crippen LogP contribution in [0.3, 0.4) is 0 Å². The van der Waals surface area contributed by atoms with Crippen molar-refractivity contribution in [3.63, 3.8) is 0 Å². The van der Waals surface area contributed by atoms with E-state index in [2.05, 4.69) is 0 Å². The largest absolute Gasteiger partial charge is 0.480 e. The smallest absolute Gasteiger partial charge is 0.317 e. The van der Waals surface area contributed by atoms with E-state index in [0.29, 0.717) is 12.8 Å². The minimum absolute atomic E-state index is 0. The van der Waals surface area contributed by atoms with E-state index in [1.807, 2.05) is 0 Å². The van der Waals surface area contributed by atoms with E-state index in [4.69, 9.17) is 20.4 Å². The average Bonchev–Trinajstić information content (AvgIpc) is 2.44. The Morgan fingerprint density at radius 3 is 1.04 bits per heavy atom. The number of carboxylic acids is 4. The van der Waals surface area contributed by atoms with Gasteiger partial charge in [-0.25, -0.2) is 0 Å². The maximum atomic E-state index is 11.0. The van der Waals surface area contributed by atoms with Crippen LogP contribution in [-0.4, -0.2) is 151 Å². The van der Waals surface area contributed by atoms with Gasteiger partial charge in [0.05, 0.1) is 26.2 Å². The van der Waals surface area contributed by atoms with E-state index in [-0.39, 0.29) is 59.1 Å². The van der Waals surface area contributed by atoms with Gasteiger partial charge in [0, 0.05) is 71.2 Å². The molecule has 0 heterocycles. The number of nitrogens with zero attached hydrogens (tertiary/aromatic N) is 2. The normalized spacial score (nSPS) is 19.3. The van der Waals surface area contributed by atoms with Crippen LogP contribution in [0.5, 0.6) is 0 Å². The molecule has 26 heavy (non-hydrogen) atoms. The summed E-state index contributed by atoms with van der Waals surface area (Å²) in [6.07, 6.45) is 2.46. The fourth-order valence-electron chi connectivity index (χ4n) is 3.22. The van der Waals surface area contributed by atoms with Crippen molar-refractivity contribution in [1.82, 2.24) is 9.80 Å². The van der Waals surface area contributed by atoms with Gasteiger partial charge >= 0.3 is 23.9 Å². The third-order valence-corrected chi connectivity index (χ3v) is 3.99. The zero-order chi connectivity index (χ0) is 18.3. The van der Waals surface area contributed by atoms with Crippen molar-refractivity contribution in [1.29, 1.82) is 0 Å². The van der Waals surface area contributed by atoms with Crippen molar-refractivity contribution in [3.05, 3.63) is 0 Å². The van der Waals surface area contributed by atoms with Gasteiger partial charge < -0.3 is 20.4 Å². The summed E-state index contributed by atoms with van der Waals surface area (Å²) < 4.78 is 0. The standard InChI is InChI=1S/C14H22N2O8.2Na/c17-11(18)5-15(6-12(19)20)9-3-1-2-4-10(9)16(7-13(21)22)8-14(23)24;;/h9-10H,1-8H2,(H,17,18)(H,19,20)(H,21,22)(H,23,24);;. The number of hydrogen-bond donors (Lipinski definition) is 4. The molecule has 0 aliphatic heterocycles. The molecule has 0 spiro atoms. The molecule has 4 N–H and O–H groups in total. The third-order valence-electron chi connectivity index (χ3n) is 3.99. The monoisotopic (exact) mass is 392 g/mol. The number of aliphatic carboxylic acids is 4. The molecule has 2 radical (unpaired) electrons. The fraction of sp³-hybridized carbons (Fsp3) is 0.714. The molecule has 0 aromatic heterocycles. The van der Waals surface area contributed by atoms with Gasteiger partial charge in [0.2, 0.25) is 0 Å². The first-order valence-electron chi connectivity index (χ1n) is 7.56. The van der Waals surface area contributed by atoms with Crippen molar-refractivity contribution in [3.8, 4) is 0 Å². The van der Waals surface area contributed by atoms with E-state index < -0.39 is 62.1 Å². The van der Waals surface area contributed by atoms with Gasteiger partial charge in [0.1, 0.15) is 0 Å². The molecule has 2 unspecified atom stereocenters. The zero-order valence-corrected chi connectivity index (χ0v) is 19.1. The van der Waals surface area contributed by atoms with Gasteiger partial charge in [-0.05, 0) is 12.8 Å². The molecule has 10 nitrogen and oxygen atoms in total. The quantitative estimate of drug-likeness (QED) is 0.322. The molecule has 138 valence electrons. The Hall–Kier alpha value is -0.200. The van der Waals surface area contributed by atoms with E-state index in [1.54, 1.807) is 0 Å². The van der Waals surface area contributed by atoms with Gasteiger partial charge in [-0.2, -0.15) is 0 Å². The van der Waals surface area contributed by atoms with E-state index in [9.17, 15) is 19.2 Å². The van der Waals surface area contributed by atoms with Crippen LogP contribution in [0.4, 0.5) is 0 Å². The van der Waals surface area contributed by atoms with E-state index in [0.717, 1.165) is 12.8 Å². The summed E-state index contributed by atoms with van der Waals surface area (Å²) in [4.78, 5) is 46.7. The average molecular weight is 392 g/mol. The molecule has 1 saturated carbocycles. The number of carboxylic acid groups (broad SMARTS) is 4. The Kier molecular flexibility index (Phi) is 15.0. The maximum absolute atomic E-state index is 11.0. The Morgan fingerprint density at radius 2 is 0.846 bits per heavy atom. The first kappa shape index (κ1) is 28.0. The Bertz CT molecular complexity index is 429. The van der Waals surface area contributed by atoms with Crippen LogP contribution in [0.1, 0.15) is 25.7 Å². The first-order chi connectivity index (χ1) is 11.2. The number of rotatable bonds is 10. The van der Waals surface area contributed by atoms with Crippen LogP contribution in [0.15, 0.2) is 0 Å². The maximum Gasteiger partial charge on any atom is 0.317 e. The number of carbonyl (C=O) groups is 4. The molecule has 1 fully saturated rings. The molecular weight excluding hydrogens is 370 g/mol. The molecule has 0 aromatic carbocycles. The van der Waals surface area contributed by atoms with Crippen LogP contribution in [0.2, 0.25) is 0 Å². The minimum Gasteiger partial charge on any atom is -0.480 e. The number of hydrogen-bond acceptors (Lipinski definition) is 6. The minimum atomic E-state index is -1.19. The van der Waals surface area contributed by atoms with Gasteiger partial charge in [-0.1, -0.05) is 12.8 Å². The molecule has 1 rings (SSSR count). The Morgan fingerprint density at radius 1 is 0.615 bits per heavy atom.